The third kappa shape index (κ3) is 53.9. The number of aliphatic hydroxyl groups excluding tert-OH is 3. The van der Waals surface area contributed by atoms with Crippen LogP contribution in [0.2, 0.25) is 0 Å². The fourth-order valence-corrected chi connectivity index (χ4v) is 9.71. The Balaban J connectivity index is 3.48. The number of hydrogen-bond acceptors (Lipinski definition) is 4. The van der Waals surface area contributed by atoms with Gasteiger partial charge in [0.05, 0.1) is 31.3 Å². The Hall–Kier alpha value is -1.43. The lowest BCUT2D eigenvalue weighted by atomic mass is 10.0. The van der Waals surface area contributed by atoms with Crippen LogP contribution in [0.4, 0.5) is 0 Å². The molecule has 0 saturated carbocycles. The molecule has 402 valence electrons. The molecule has 0 aliphatic rings. The average molecular weight is 957 g/mol. The zero-order chi connectivity index (χ0) is 49.3. The Morgan fingerprint density at radius 2 is 0.632 bits per heavy atom. The van der Waals surface area contributed by atoms with Crippen molar-refractivity contribution < 1.29 is 20.1 Å². The van der Waals surface area contributed by atoms with E-state index in [1.165, 1.54) is 276 Å². The summed E-state index contributed by atoms with van der Waals surface area (Å²) >= 11 is 0. The molecule has 0 fully saturated rings. The van der Waals surface area contributed by atoms with Crippen LogP contribution in [-0.2, 0) is 4.79 Å². The maximum atomic E-state index is 12.5. The summed E-state index contributed by atoms with van der Waals surface area (Å²) in [6.07, 6.45) is 76.6. The third-order valence-corrected chi connectivity index (χ3v) is 14.4. The molecule has 1 amide bonds. The van der Waals surface area contributed by atoms with E-state index in [0.29, 0.717) is 6.42 Å². The number of hydrogen-bond donors (Lipinski definition) is 4. The number of carbonyl (C=O) groups excluding carboxylic acids is 1. The number of carbonyl (C=O) groups is 1. The Morgan fingerprint density at radius 3 is 0.941 bits per heavy atom. The molecule has 0 aromatic rings. The van der Waals surface area contributed by atoms with Gasteiger partial charge < -0.3 is 20.6 Å². The van der Waals surface area contributed by atoms with E-state index in [4.69, 9.17) is 0 Å². The number of rotatable bonds is 57. The van der Waals surface area contributed by atoms with E-state index in [9.17, 15) is 20.1 Å². The summed E-state index contributed by atoms with van der Waals surface area (Å²) < 4.78 is 0. The maximum absolute atomic E-state index is 12.5. The van der Waals surface area contributed by atoms with E-state index in [1.54, 1.807) is 6.08 Å². The van der Waals surface area contributed by atoms with E-state index in [1.807, 2.05) is 6.08 Å². The van der Waals surface area contributed by atoms with Crippen LogP contribution in [-0.4, -0.2) is 46.1 Å². The molecule has 5 heteroatoms. The molecule has 0 aliphatic carbocycles. The molecule has 5 nitrogen and oxygen atoms in total. The molecule has 4 N–H and O–H groups in total. The monoisotopic (exact) mass is 956 g/mol. The van der Waals surface area contributed by atoms with Crippen LogP contribution in [0.3, 0.4) is 0 Å². The summed E-state index contributed by atoms with van der Waals surface area (Å²) in [4.78, 5) is 12.5. The average Bonchev–Trinajstić information content (AvgIpc) is 3.33. The highest BCUT2D eigenvalue weighted by molar-refractivity contribution is 5.76. The van der Waals surface area contributed by atoms with E-state index in [-0.39, 0.29) is 18.9 Å². The van der Waals surface area contributed by atoms with Crippen molar-refractivity contribution in [1.82, 2.24) is 5.32 Å². The predicted octanol–water partition coefficient (Wildman–Crippen LogP) is 19.4. The lowest BCUT2D eigenvalue weighted by molar-refractivity contribution is -0.124. The smallest absolute Gasteiger partial charge is 0.222 e. The van der Waals surface area contributed by atoms with Crippen LogP contribution in [0.1, 0.15) is 335 Å². The summed E-state index contributed by atoms with van der Waals surface area (Å²) in [5.41, 5.74) is 0. The standard InChI is InChI=1S/C63H121NO4/c1-3-5-7-9-11-13-15-17-19-21-22-23-24-25-26-27-28-29-30-31-32-33-34-35-36-37-38-39-40-41-42-44-46-48-50-52-54-56-60(66)58-63(68)64-61(59-65)62(67)57-55-53-51-49-47-45-43-20-18-16-14-12-10-8-6-4-2/h31-32,47,49,55,57,60-62,65-67H,3-30,33-46,48,50-54,56,58-59H2,1-2H3,(H,64,68)/b32-31-,49-47+,57-55+. The van der Waals surface area contributed by atoms with E-state index >= 15 is 0 Å². The Morgan fingerprint density at radius 1 is 0.368 bits per heavy atom. The van der Waals surface area contributed by atoms with E-state index in [0.717, 1.165) is 32.1 Å². The van der Waals surface area contributed by atoms with Gasteiger partial charge in [-0.05, 0) is 57.8 Å². The van der Waals surface area contributed by atoms with Gasteiger partial charge in [-0.15, -0.1) is 0 Å². The Bertz CT molecular complexity index is 1060. The normalized spacial score (nSPS) is 13.4. The number of amides is 1. The first-order valence-corrected chi connectivity index (χ1v) is 30.8. The molecule has 0 aromatic carbocycles. The summed E-state index contributed by atoms with van der Waals surface area (Å²) in [5.74, 6) is -0.321. The molecular weight excluding hydrogens is 835 g/mol. The molecule has 3 atom stereocenters. The van der Waals surface area contributed by atoms with Gasteiger partial charge in [-0.3, -0.25) is 4.79 Å². The zero-order valence-corrected chi connectivity index (χ0v) is 46.0. The van der Waals surface area contributed by atoms with Gasteiger partial charge in [-0.25, -0.2) is 0 Å². The van der Waals surface area contributed by atoms with Crippen LogP contribution in [0.15, 0.2) is 36.5 Å². The van der Waals surface area contributed by atoms with Crippen LogP contribution >= 0.6 is 0 Å². The first kappa shape index (κ1) is 66.6. The summed E-state index contributed by atoms with van der Waals surface area (Å²) in [5, 5.41) is 33.4. The summed E-state index contributed by atoms with van der Waals surface area (Å²) in [6.45, 7) is 4.23. The molecule has 68 heavy (non-hydrogen) atoms. The number of allylic oxidation sites excluding steroid dienone is 5. The van der Waals surface area contributed by atoms with Crippen molar-refractivity contribution >= 4 is 5.91 Å². The highest BCUT2D eigenvalue weighted by Crippen LogP contribution is 2.18. The first-order chi connectivity index (χ1) is 33.5. The van der Waals surface area contributed by atoms with Crippen LogP contribution < -0.4 is 5.32 Å². The van der Waals surface area contributed by atoms with Crippen molar-refractivity contribution in [2.75, 3.05) is 6.61 Å². The molecule has 0 rings (SSSR count). The Labute approximate surface area is 425 Å². The number of nitrogens with one attached hydrogen (secondary N) is 1. The molecule has 0 heterocycles. The highest BCUT2D eigenvalue weighted by Gasteiger charge is 2.20. The molecule has 0 spiro atoms. The van der Waals surface area contributed by atoms with Crippen molar-refractivity contribution in [3.8, 4) is 0 Å². The second-order valence-electron chi connectivity index (χ2n) is 21.3. The van der Waals surface area contributed by atoms with Crippen molar-refractivity contribution in [2.45, 2.75) is 353 Å². The summed E-state index contributed by atoms with van der Waals surface area (Å²) in [6, 6.07) is -0.761. The SMILES string of the molecule is CCCCCCCCCCCC/C=C/CC/C=C/C(O)C(CO)NC(=O)CC(O)CCCCCCCCCCCCCCCCC/C=C\CCCCCCCCCCCCCCCCCCCC. The van der Waals surface area contributed by atoms with Crippen molar-refractivity contribution in [3.63, 3.8) is 0 Å². The van der Waals surface area contributed by atoms with Crippen LogP contribution in [0.25, 0.3) is 0 Å². The fourth-order valence-electron chi connectivity index (χ4n) is 9.71. The topological polar surface area (TPSA) is 89.8 Å². The van der Waals surface area contributed by atoms with Crippen molar-refractivity contribution in [3.05, 3.63) is 36.5 Å². The summed E-state index contributed by atoms with van der Waals surface area (Å²) in [7, 11) is 0. The molecule has 0 aromatic heterocycles. The minimum absolute atomic E-state index is 0.00801. The molecule has 3 unspecified atom stereocenters. The van der Waals surface area contributed by atoms with Crippen LogP contribution in [0.5, 0.6) is 0 Å². The second kappa shape index (κ2) is 58.1. The minimum Gasteiger partial charge on any atom is -0.394 e. The van der Waals surface area contributed by atoms with Crippen molar-refractivity contribution in [2.24, 2.45) is 0 Å². The quantitative estimate of drug-likeness (QED) is 0.0361. The van der Waals surface area contributed by atoms with Gasteiger partial charge in [0.25, 0.3) is 0 Å². The van der Waals surface area contributed by atoms with Crippen LogP contribution in [0, 0.1) is 0 Å². The van der Waals surface area contributed by atoms with E-state index < -0.39 is 18.2 Å². The van der Waals surface area contributed by atoms with Crippen molar-refractivity contribution in [1.29, 1.82) is 0 Å². The number of aliphatic hydroxyl groups is 3. The molecule has 0 saturated heterocycles. The lowest BCUT2D eigenvalue weighted by Gasteiger charge is -2.21. The number of unbranched alkanes of at least 4 members (excludes halogenated alkanes) is 44. The van der Waals surface area contributed by atoms with Gasteiger partial charge in [-0.2, -0.15) is 0 Å². The van der Waals surface area contributed by atoms with Gasteiger partial charge in [0.2, 0.25) is 5.91 Å². The fraction of sp³-hybridized carbons (Fsp3) is 0.889. The molecule has 0 radical (unpaired) electrons. The highest BCUT2D eigenvalue weighted by atomic mass is 16.3. The molecule has 0 bridgehead atoms. The predicted molar refractivity (Wildman–Crippen MR) is 301 cm³/mol. The zero-order valence-electron chi connectivity index (χ0n) is 46.0. The van der Waals surface area contributed by atoms with Gasteiger partial charge in [0.1, 0.15) is 0 Å². The maximum Gasteiger partial charge on any atom is 0.222 e. The third-order valence-electron chi connectivity index (χ3n) is 14.4. The van der Waals surface area contributed by atoms with Gasteiger partial charge in [0.15, 0.2) is 0 Å². The minimum atomic E-state index is -0.951. The largest absolute Gasteiger partial charge is 0.394 e. The molecule has 0 aliphatic heterocycles. The first-order valence-electron chi connectivity index (χ1n) is 30.8. The molecular formula is C63H121NO4. The Kier molecular flexibility index (Phi) is 56.9. The second-order valence-corrected chi connectivity index (χ2v) is 21.3. The van der Waals surface area contributed by atoms with Gasteiger partial charge >= 0.3 is 0 Å². The van der Waals surface area contributed by atoms with Gasteiger partial charge in [-0.1, -0.05) is 307 Å². The van der Waals surface area contributed by atoms with E-state index in [2.05, 4.69) is 43.5 Å². The van der Waals surface area contributed by atoms with Gasteiger partial charge in [0, 0.05) is 0 Å². The lowest BCUT2D eigenvalue weighted by Crippen LogP contribution is -2.45.